The maximum Gasteiger partial charge on any atom is 0.114 e. The van der Waals surface area contributed by atoms with Crippen molar-refractivity contribution in [3.8, 4) is 0 Å². The third-order valence-corrected chi connectivity index (χ3v) is 1.57. The number of aryl methyl sites for hydroxylation is 1. The molecule has 1 aromatic rings. The van der Waals surface area contributed by atoms with Crippen molar-refractivity contribution < 1.29 is 8.78 Å². The van der Waals surface area contributed by atoms with Crippen LogP contribution in [-0.4, -0.2) is 23.1 Å². The molecule has 4 heteroatoms. The minimum Gasteiger partial charge on any atom is -0.262 e. The zero-order chi connectivity index (χ0) is 8.27. The average molecular weight is 160 g/mol. The number of rotatable bonds is 3. The quantitative estimate of drug-likeness (QED) is 0.657. The maximum absolute atomic E-state index is 12.1. The zero-order valence-corrected chi connectivity index (χ0v) is 6.30. The van der Waals surface area contributed by atoms with Gasteiger partial charge in [0.05, 0.1) is 0 Å². The van der Waals surface area contributed by atoms with Gasteiger partial charge >= 0.3 is 0 Å². The normalized spacial score (nSPS) is 10.9. The second-order valence-electron chi connectivity index (χ2n) is 2.38. The fourth-order valence-corrected chi connectivity index (χ4v) is 0.935. The number of hydrogen-bond donors (Lipinski definition) is 0. The van der Waals surface area contributed by atoms with Gasteiger partial charge in [-0.3, -0.25) is 4.68 Å². The van der Waals surface area contributed by atoms with Gasteiger partial charge in [0.15, 0.2) is 0 Å². The molecule has 0 spiro atoms. The van der Waals surface area contributed by atoms with Crippen molar-refractivity contribution in [3.63, 3.8) is 0 Å². The SMILES string of the molecule is Cc1ccnn1C(CF)CF. The average Bonchev–Trinajstić information content (AvgIpc) is 2.40. The Morgan fingerprint density at radius 2 is 2.18 bits per heavy atom. The highest BCUT2D eigenvalue weighted by molar-refractivity contribution is 4.98. The molecule has 0 fully saturated rings. The van der Waals surface area contributed by atoms with E-state index in [9.17, 15) is 8.78 Å². The van der Waals surface area contributed by atoms with Gasteiger partial charge in [0.2, 0.25) is 0 Å². The Balaban J connectivity index is 2.81. The first kappa shape index (κ1) is 8.17. The highest BCUT2D eigenvalue weighted by atomic mass is 19.1. The van der Waals surface area contributed by atoms with Crippen LogP contribution >= 0.6 is 0 Å². The summed E-state index contributed by atoms with van der Waals surface area (Å²) in [4.78, 5) is 0. The lowest BCUT2D eigenvalue weighted by Gasteiger charge is -2.10. The van der Waals surface area contributed by atoms with Gasteiger partial charge in [-0.1, -0.05) is 0 Å². The minimum absolute atomic E-state index is 0.709. The second kappa shape index (κ2) is 3.46. The highest BCUT2D eigenvalue weighted by Crippen LogP contribution is 2.09. The molecule has 0 N–H and O–H groups in total. The molecule has 0 atom stereocenters. The fraction of sp³-hybridized carbons (Fsp3) is 0.571. The van der Waals surface area contributed by atoms with E-state index in [4.69, 9.17) is 0 Å². The standard InChI is InChI=1S/C7H10F2N2/c1-6-2-3-10-11(6)7(4-8)5-9/h2-3,7H,4-5H2,1H3. The van der Waals surface area contributed by atoms with E-state index < -0.39 is 19.4 Å². The fourth-order valence-electron chi connectivity index (χ4n) is 0.935. The van der Waals surface area contributed by atoms with E-state index in [1.54, 1.807) is 13.0 Å². The minimum atomic E-state index is -0.745. The molecule has 1 heterocycles. The van der Waals surface area contributed by atoms with Crippen LogP contribution in [-0.2, 0) is 0 Å². The molecule has 0 bridgehead atoms. The van der Waals surface area contributed by atoms with Crippen LogP contribution in [0.3, 0.4) is 0 Å². The van der Waals surface area contributed by atoms with E-state index >= 15 is 0 Å². The summed E-state index contributed by atoms with van der Waals surface area (Å²) in [5.74, 6) is 0. The second-order valence-corrected chi connectivity index (χ2v) is 2.38. The van der Waals surface area contributed by atoms with E-state index in [1.807, 2.05) is 0 Å². The number of aromatic nitrogens is 2. The van der Waals surface area contributed by atoms with E-state index in [0.717, 1.165) is 5.69 Å². The molecule has 0 amide bonds. The van der Waals surface area contributed by atoms with Crippen LogP contribution in [0.5, 0.6) is 0 Å². The van der Waals surface area contributed by atoms with Gasteiger partial charge in [0.25, 0.3) is 0 Å². The molecule has 0 aliphatic rings. The van der Waals surface area contributed by atoms with Crippen LogP contribution in [0.2, 0.25) is 0 Å². The molecule has 0 radical (unpaired) electrons. The number of alkyl halides is 2. The summed E-state index contributed by atoms with van der Waals surface area (Å²) in [6, 6.07) is 0.975. The highest BCUT2D eigenvalue weighted by Gasteiger charge is 2.11. The number of hydrogen-bond acceptors (Lipinski definition) is 1. The first-order valence-corrected chi connectivity index (χ1v) is 3.41. The van der Waals surface area contributed by atoms with Crippen molar-refractivity contribution >= 4 is 0 Å². The Morgan fingerprint density at radius 1 is 1.55 bits per heavy atom. The molecular weight excluding hydrogens is 150 g/mol. The van der Waals surface area contributed by atoms with E-state index in [-0.39, 0.29) is 0 Å². The molecule has 1 aromatic heterocycles. The lowest BCUT2D eigenvalue weighted by Crippen LogP contribution is -2.15. The first-order valence-electron chi connectivity index (χ1n) is 3.41. The van der Waals surface area contributed by atoms with Gasteiger partial charge in [-0.2, -0.15) is 5.10 Å². The summed E-state index contributed by atoms with van der Waals surface area (Å²) < 4.78 is 25.6. The summed E-state index contributed by atoms with van der Waals surface area (Å²) in [7, 11) is 0. The molecule has 11 heavy (non-hydrogen) atoms. The molecule has 0 saturated carbocycles. The maximum atomic E-state index is 12.1. The largest absolute Gasteiger partial charge is 0.262 e. The molecule has 0 unspecified atom stereocenters. The Labute approximate surface area is 63.8 Å². The number of nitrogens with zero attached hydrogens (tertiary/aromatic N) is 2. The van der Waals surface area contributed by atoms with Gasteiger partial charge < -0.3 is 0 Å². The molecule has 0 aliphatic heterocycles. The van der Waals surface area contributed by atoms with Crippen LogP contribution in [0, 0.1) is 6.92 Å². The Hall–Kier alpha value is -0.930. The van der Waals surface area contributed by atoms with E-state index in [2.05, 4.69) is 5.10 Å². The van der Waals surface area contributed by atoms with Gasteiger partial charge in [0, 0.05) is 11.9 Å². The summed E-state index contributed by atoms with van der Waals surface area (Å²) in [6.45, 7) is 0.351. The third kappa shape index (κ3) is 1.56. The third-order valence-electron chi connectivity index (χ3n) is 1.57. The molecular formula is C7H10F2N2. The summed E-state index contributed by atoms with van der Waals surface area (Å²) in [6.07, 6.45) is 1.54. The van der Waals surface area contributed by atoms with E-state index in [1.165, 1.54) is 10.9 Å². The Kier molecular flexibility index (Phi) is 2.57. The van der Waals surface area contributed by atoms with Crippen LogP contribution < -0.4 is 0 Å². The number of halogens is 2. The van der Waals surface area contributed by atoms with Crippen molar-refractivity contribution in [3.05, 3.63) is 18.0 Å². The van der Waals surface area contributed by atoms with Crippen molar-refractivity contribution in [1.82, 2.24) is 9.78 Å². The van der Waals surface area contributed by atoms with Crippen molar-refractivity contribution in [2.24, 2.45) is 0 Å². The van der Waals surface area contributed by atoms with Crippen LogP contribution in [0.4, 0.5) is 8.78 Å². The predicted octanol–water partition coefficient (Wildman–Crippen LogP) is 1.67. The Bertz CT molecular complexity index is 218. The molecule has 2 nitrogen and oxygen atoms in total. The van der Waals surface area contributed by atoms with Gasteiger partial charge in [-0.25, -0.2) is 8.78 Å². The predicted molar refractivity (Wildman–Crippen MR) is 38.0 cm³/mol. The van der Waals surface area contributed by atoms with E-state index in [0.29, 0.717) is 0 Å². The van der Waals surface area contributed by atoms with Crippen LogP contribution in [0.1, 0.15) is 11.7 Å². The lowest BCUT2D eigenvalue weighted by molar-refractivity contribution is 0.269. The van der Waals surface area contributed by atoms with Crippen LogP contribution in [0.15, 0.2) is 12.3 Å². The molecule has 0 saturated heterocycles. The van der Waals surface area contributed by atoms with Gasteiger partial charge in [0.1, 0.15) is 19.4 Å². The smallest absolute Gasteiger partial charge is 0.114 e. The van der Waals surface area contributed by atoms with Crippen molar-refractivity contribution in [1.29, 1.82) is 0 Å². The van der Waals surface area contributed by atoms with Crippen molar-refractivity contribution in [2.45, 2.75) is 13.0 Å². The monoisotopic (exact) mass is 160 g/mol. The van der Waals surface area contributed by atoms with Gasteiger partial charge in [-0.05, 0) is 13.0 Å². The van der Waals surface area contributed by atoms with Crippen molar-refractivity contribution in [2.75, 3.05) is 13.3 Å². The van der Waals surface area contributed by atoms with Gasteiger partial charge in [-0.15, -0.1) is 0 Å². The molecule has 62 valence electrons. The lowest BCUT2D eigenvalue weighted by atomic mass is 10.3. The summed E-state index contributed by atoms with van der Waals surface area (Å²) in [5, 5.41) is 3.79. The molecule has 0 aliphatic carbocycles. The summed E-state index contributed by atoms with van der Waals surface area (Å²) >= 11 is 0. The zero-order valence-electron chi connectivity index (χ0n) is 6.30. The first-order chi connectivity index (χ1) is 5.29. The summed E-state index contributed by atoms with van der Waals surface area (Å²) in [5.41, 5.74) is 0.783. The molecule has 1 rings (SSSR count). The Morgan fingerprint density at radius 3 is 2.55 bits per heavy atom. The molecule has 0 aromatic carbocycles. The van der Waals surface area contributed by atoms with Crippen LogP contribution in [0.25, 0.3) is 0 Å². The topological polar surface area (TPSA) is 17.8 Å².